The fourth-order valence-electron chi connectivity index (χ4n) is 0.288. The average Bonchev–Trinajstić information content (AvgIpc) is 1.61. The summed E-state index contributed by atoms with van der Waals surface area (Å²) >= 11 is 6.03. The second-order valence-electron chi connectivity index (χ2n) is 1.64. The molecule has 0 unspecified atom stereocenters. The monoisotopic (exact) mass is 160 g/mol. The molecule has 0 atom stereocenters. The van der Waals surface area contributed by atoms with Crippen LogP contribution in [0.1, 0.15) is 13.8 Å². The molecule has 0 rings (SSSR count). The van der Waals surface area contributed by atoms with Crippen molar-refractivity contribution in [3.8, 4) is 0 Å². The molecule has 0 aliphatic heterocycles. The van der Waals surface area contributed by atoms with Crippen molar-refractivity contribution in [3.63, 3.8) is 0 Å². The van der Waals surface area contributed by atoms with Crippen LogP contribution in [0.4, 0.5) is 0 Å². The van der Waals surface area contributed by atoms with Gasteiger partial charge in [0.2, 0.25) is 0 Å². The maximum absolute atomic E-state index is 4.07. The molecule has 0 nitrogen and oxygen atoms in total. The second kappa shape index (κ2) is 8.70. The van der Waals surface area contributed by atoms with Crippen molar-refractivity contribution in [3.05, 3.63) is 0 Å². The van der Waals surface area contributed by atoms with Crippen LogP contribution in [0.3, 0.4) is 0 Å². The molecule has 0 heterocycles. The van der Waals surface area contributed by atoms with Gasteiger partial charge in [0.25, 0.3) is 0 Å². The van der Waals surface area contributed by atoms with Crippen LogP contribution < -0.4 is 0 Å². The summed E-state index contributed by atoms with van der Waals surface area (Å²) in [5.41, 5.74) is 0. The van der Waals surface area contributed by atoms with E-state index in [1.807, 2.05) is 11.8 Å². The Hall–Kier alpha value is 1.70. The number of hydrogen-bond donors (Lipinski definition) is 1. The van der Waals surface area contributed by atoms with Gasteiger partial charge < -0.3 is 0 Å². The topological polar surface area (TPSA) is 0 Å². The van der Waals surface area contributed by atoms with E-state index in [1.165, 1.54) is 5.75 Å². The summed E-state index contributed by atoms with van der Waals surface area (Å²) in [5, 5.41) is 0.771. The van der Waals surface area contributed by atoms with E-state index in [0.29, 0.717) is 0 Å². The first-order chi connectivity index (χ1) is 3.27. The third-order valence-electron chi connectivity index (χ3n) is 0.542. The predicted octanol–water partition coefficient (Wildman–Crippen LogP) is 1.41. The van der Waals surface area contributed by atoms with Crippen LogP contribution in [0, 0.1) is 0 Å². The second-order valence-corrected chi connectivity index (χ2v) is 3.77. The van der Waals surface area contributed by atoms with Crippen LogP contribution >= 0.6 is 24.4 Å². The van der Waals surface area contributed by atoms with Gasteiger partial charge in [0.1, 0.15) is 0 Å². The first-order valence-corrected chi connectivity index (χ1v) is 4.18. The van der Waals surface area contributed by atoms with Gasteiger partial charge in [-0.3, -0.25) is 0 Å². The zero-order valence-corrected chi connectivity index (χ0v) is 6.56. The Balaban J connectivity index is 0. The molecule has 0 bridgehead atoms. The summed E-state index contributed by atoms with van der Waals surface area (Å²) in [4.78, 5) is 0. The molecule has 0 fully saturated rings. The molecule has 0 radical (unpaired) electrons. The van der Waals surface area contributed by atoms with Gasteiger partial charge in [0.15, 0.2) is 0 Å². The van der Waals surface area contributed by atoms with Crippen LogP contribution in [0.2, 0.25) is 0 Å². The first kappa shape index (κ1) is 12.4. The molecular formula is C5H13NaS2. The molecule has 0 saturated carbocycles. The van der Waals surface area contributed by atoms with Gasteiger partial charge in [-0.1, -0.05) is 13.8 Å². The summed E-state index contributed by atoms with van der Waals surface area (Å²) < 4.78 is 0. The third kappa shape index (κ3) is 10.6. The van der Waals surface area contributed by atoms with E-state index in [-0.39, 0.29) is 29.6 Å². The number of hydrogen-bond acceptors (Lipinski definition) is 2. The minimum atomic E-state index is 0. The summed E-state index contributed by atoms with van der Waals surface area (Å²) in [6, 6.07) is 0. The van der Waals surface area contributed by atoms with Crippen molar-refractivity contribution in [2.24, 2.45) is 0 Å². The Morgan fingerprint density at radius 1 is 1.50 bits per heavy atom. The van der Waals surface area contributed by atoms with Gasteiger partial charge in [0.05, 0.1) is 0 Å². The van der Waals surface area contributed by atoms with E-state index in [9.17, 15) is 0 Å². The van der Waals surface area contributed by atoms with Crippen molar-refractivity contribution < 1.29 is 0 Å². The van der Waals surface area contributed by atoms with Crippen molar-refractivity contribution in [1.29, 1.82) is 0 Å². The van der Waals surface area contributed by atoms with E-state index in [1.54, 1.807) is 0 Å². The maximum atomic E-state index is 4.07. The molecule has 0 aromatic rings. The molecule has 46 valence electrons. The minimum absolute atomic E-state index is 0. The van der Waals surface area contributed by atoms with Gasteiger partial charge in [-0.05, 0) is 11.0 Å². The molecule has 0 aromatic heterocycles. The van der Waals surface area contributed by atoms with Gasteiger partial charge in [-0.15, -0.1) is 0 Å². The van der Waals surface area contributed by atoms with E-state index in [2.05, 4.69) is 26.5 Å². The fraction of sp³-hybridized carbons (Fsp3) is 1.00. The standard InChI is InChI=1S/C5H12S2.Na.H/c1-5(2)7-4-3-6;;/h5-6H,3-4H2,1-2H3;;. The van der Waals surface area contributed by atoms with Gasteiger partial charge in [-0.25, -0.2) is 0 Å². The molecule has 0 aliphatic carbocycles. The van der Waals surface area contributed by atoms with Crippen molar-refractivity contribution in [2.45, 2.75) is 19.1 Å². The summed E-state index contributed by atoms with van der Waals surface area (Å²) in [6.07, 6.45) is 0. The molecular weight excluding hydrogens is 147 g/mol. The molecule has 0 N–H and O–H groups in total. The van der Waals surface area contributed by atoms with E-state index < -0.39 is 0 Å². The summed E-state index contributed by atoms with van der Waals surface area (Å²) in [7, 11) is 0. The molecule has 0 saturated heterocycles. The van der Waals surface area contributed by atoms with Crippen molar-refractivity contribution in [2.75, 3.05) is 11.5 Å². The van der Waals surface area contributed by atoms with Gasteiger partial charge in [-0.2, -0.15) is 24.4 Å². The van der Waals surface area contributed by atoms with Crippen LogP contribution in [0.5, 0.6) is 0 Å². The van der Waals surface area contributed by atoms with Gasteiger partial charge >= 0.3 is 29.6 Å². The van der Waals surface area contributed by atoms with Crippen LogP contribution in [0.25, 0.3) is 0 Å². The Kier molecular flexibility index (Phi) is 13.5. The normalized spacial score (nSPS) is 9.00. The zero-order valence-electron chi connectivity index (χ0n) is 4.85. The average molecular weight is 160 g/mol. The summed E-state index contributed by atoms with van der Waals surface area (Å²) in [6.45, 7) is 4.40. The van der Waals surface area contributed by atoms with Gasteiger partial charge in [0, 0.05) is 5.75 Å². The summed E-state index contributed by atoms with van der Waals surface area (Å²) in [5.74, 6) is 2.18. The van der Waals surface area contributed by atoms with Crippen molar-refractivity contribution in [1.82, 2.24) is 0 Å². The van der Waals surface area contributed by atoms with Crippen molar-refractivity contribution >= 4 is 53.9 Å². The zero-order chi connectivity index (χ0) is 5.70. The number of thioether (sulfide) groups is 1. The molecule has 8 heavy (non-hydrogen) atoms. The van der Waals surface area contributed by atoms with Crippen LogP contribution in [-0.4, -0.2) is 46.3 Å². The molecule has 0 aromatic carbocycles. The molecule has 0 aliphatic rings. The van der Waals surface area contributed by atoms with Crippen LogP contribution in [-0.2, 0) is 0 Å². The van der Waals surface area contributed by atoms with E-state index >= 15 is 0 Å². The Morgan fingerprint density at radius 3 is 2.12 bits per heavy atom. The molecule has 0 amide bonds. The number of thiol groups is 1. The Morgan fingerprint density at radius 2 is 2.00 bits per heavy atom. The first-order valence-electron chi connectivity index (χ1n) is 2.50. The van der Waals surface area contributed by atoms with E-state index in [0.717, 1.165) is 11.0 Å². The molecule has 3 heteroatoms. The number of rotatable bonds is 3. The predicted molar refractivity (Wildman–Crippen MR) is 48.6 cm³/mol. The van der Waals surface area contributed by atoms with E-state index in [4.69, 9.17) is 0 Å². The fourth-order valence-corrected chi connectivity index (χ4v) is 1.18. The Bertz CT molecular complexity index is 39.4. The SMILES string of the molecule is CC(C)SCCS.[NaH]. The quantitative estimate of drug-likeness (QED) is 0.481. The Labute approximate surface area is 83.9 Å². The molecule has 0 spiro atoms. The third-order valence-corrected chi connectivity index (χ3v) is 2.18. The van der Waals surface area contributed by atoms with Crippen LogP contribution in [0.15, 0.2) is 0 Å².